The first kappa shape index (κ1) is 24.0. The van der Waals surface area contributed by atoms with Gasteiger partial charge < -0.3 is 19.5 Å². The fourth-order valence-corrected chi connectivity index (χ4v) is 3.91. The van der Waals surface area contributed by atoms with E-state index in [1.54, 1.807) is 48.3 Å². The summed E-state index contributed by atoms with van der Waals surface area (Å²) in [5, 5.41) is 7.45. The Hall–Kier alpha value is -3.14. The van der Waals surface area contributed by atoms with Gasteiger partial charge in [-0.3, -0.25) is 14.4 Å². The van der Waals surface area contributed by atoms with Gasteiger partial charge in [-0.05, 0) is 30.3 Å². The van der Waals surface area contributed by atoms with Crippen LogP contribution in [-0.4, -0.2) is 66.6 Å². The highest BCUT2D eigenvalue weighted by molar-refractivity contribution is 6.33. The van der Waals surface area contributed by atoms with E-state index in [1.165, 1.54) is 12.1 Å². The molecule has 0 atom stereocenters. The molecule has 8 nitrogen and oxygen atoms in total. The highest BCUT2D eigenvalue weighted by atomic mass is 35.5. The van der Waals surface area contributed by atoms with Crippen molar-refractivity contribution in [2.24, 2.45) is 7.05 Å². The lowest BCUT2D eigenvalue weighted by molar-refractivity contribution is -0.118. The van der Waals surface area contributed by atoms with Crippen molar-refractivity contribution in [1.29, 1.82) is 0 Å². The highest BCUT2D eigenvalue weighted by Crippen LogP contribution is 2.36. The number of rotatable bonds is 9. The Morgan fingerprint density at radius 2 is 1.97 bits per heavy atom. The number of anilines is 1. The molecule has 1 aliphatic heterocycles. The first-order chi connectivity index (χ1) is 16.5. The molecule has 1 N–H and O–H groups in total. The van der Waals surface area contributed by atoms with Gasteiger partial charge in [-0.25, -0.2) is 4.39 Å². The van der Waals surface area contributed by atoms with E-state index in [2.05, 4.69) is 15.3 Å². The number of aryl methyl sites for hydroxylation is 1. The third-order valence-corrected chi connectivity index (χ3v) is 5.65. The Kier molecular flexibility index (Phi) is 7.99. The topological polar surface area (TPSA) is 77.9 Å². The monoisotopic (exact) mass is 488 g/mol. The van der Waals surface area contributed by atoms with Crippen molar-refractivity contribution in [3.8, 4) is 22.8 Å². The summed E-state index contributed by atoms with van der Waals surface area (Å²) in [5.74, 6) is -0.309. The number of halogens is 2. The van der Waals surface area contributed by atoms with Crippen LogP contribution in [0, 0.1) is 5.82 Å². The van der Waals surface area contributed by atoms with Gasteiger partial charge in [0, 0.05) is 37.9 Å². The third-order valence-electron chi connectivity index (χ3n) is 5.38. The summed E-state index contributed by atoms with van der Waals surface area (Å²) in [6, 6.07) is 11.2. The number of carbonyl (C=O) groups is 1. The number of nitrogens with zero attached hydrogens (tertiary/aromatic N) is 3. The molecule has 0 saturated carbocycles. The fourth-order valence-electron chi connectivity index (χ4n) is 3.64. The lowest BCUT2D eigenvalue weighted by atomic mass is 10.1. The Morgan fingerprint density at radius 3 is 2.71 bits per heavy atom. The molecule has 1 aromatic heterocycles. The zero-order valence-electron chi connectivity index (χ0n) is 18.8. The second kappa shape index (κ2) is 11.3. The zero-order valence-corrected chi connectivity index (χ0v) is 19.6. The predicted octanol–water partition coefficient (Wildman–Crippen LogP) is 3.61. The molecule has 3 aromatic rings. The number of amides is 1. The molecule has 0 spiro atoms. The van der Waals surface area contributed by atoms with E-state index in [0.717, 1.165) is 32.8 Å². The van der Waals surface area contributed by atoms with Crippen molar-refractivity contribution in [2.45, 2.75) is 0 Å². The zero-order chi connectivity index (χ0) is 23.9. The van der Waals surface area contributed by atoms with Gasteiger partial charge in [0.25, 0.3) is 5.91 Å². The van der Waals surface area contributed by atoms with E-state index in [0.29, 0.717) is 34.3 Å². The second-order valence-electron chi connectivity index (χ2n) is 7.75. The number of hydrogen-bond donors (Lipinski definition) is 1. The molecule has 1 fully saturated rings. The van der Waals surface area contributed by atoms with Crippen LogP contribution in [0.15, 0.2) is 48.7 Å². The number of nitrogens with one attached hydrogen (secondary N) is 1. The average Bonchev–Trinajstić information content (AvgIpc) is 3.17. The Bertz CT molecular complexity index is 1110. The third kappa shape index (κ3) is 6.05. The van der Waals surface area contributed by atoms with Crippen molar-refractivity contribution in [2.75, 3.05) is 51.4 Å². The highest BCUT2D eigenvalue weighted by Gasteiger charge is 2.17. The predicted molar refractivity (Wildman–Crippen MR) is 127 cm³/mol. The van der Waals surface area contributed by atoms with E-state index >= 15 is 0 Å². The van der Waals surface area contributed by atoms with Crippen LogP contribution in [0.5, 0.6) is 11.5 Å². The van der Waals surface area contributed by atoms with E-state index < -0.39 is 11.7 Å². The first-order valence-electron chi connectivity index (χ1n) is 10.9. The minimum atomic E-state index is -0.526. The van der Waals surface area contributed by atoms with E-state index in [1.807, 2.05) is 0 Å². The molecular formula is C24H26ClFN4O4. The van der Waals surface area contributed by atoms with Crippen LogP contribution >= 0.6 is 11.6 Å². The van der Waals surface area contributed by atoms with Crippen LogP contribution in [0.3, 0.4) is 0 Å². The molecule has 2 aromatic carbocycles. The molecule has 4 rings (SSSR count). The summed E-state index contributed by atoms with van der Waals surface area (Å²) >= 11 is 6.39. The Labute approximate surface area is 202 Å². The summed E-state index contributed by atoms with van der Waals surface area (Å²) in [6.07, 6.45) is 1.56. The summed E-state index contributed by atoms with van der Waals surface area (Å²) < 4.78 is 32.1. The maximum absolute atomic E-state index is 13.7. The molecule has 10 heteroatoms. The number of ether oxygens (including phenoxy) is 3. The lowest BCUT2D eigenvalue weighted by Crippen LogP contribution is -2.38. The number of benzene rings is 2. The Balaban J connectivity index is 1.46. The van der Waals surface area contributed by atoms with E-state index in [4.69, 9.17) is 25.8 Å². The summed E-state index contributed by atoms with van der Waals surface area (Å²) in [6.45, 7) is 4.14. The average molecular weight is 489 g/mol. The number of aromatic nitrogens is 2. The molecule has 0 unspecified atom stereocenters. The molecule has 0 bridgehead atoms. The lowest BCUT2D eigenvalue weighted by Gasteiger charge is -2.26. The molecule has 2 heterocycles. The minimum absolute atomic E-state index is 0.0176. The molecule has 180 valence electrons. The number of morpholine rings is 1. The maximum Gasteiger partial charge on any atom is 0.262 e. The molecular weight excluding hydrogens is 463 g/mol. The minimum Gasteiger partial charge on any atom is -0.492 e. The first-order valence-corrected chi connectivity index (χ1v) is 11.3. The van der Waals surface area contributed by atoms with Crippen LogP contribution in [0.2, 0.25) is 5.02 Å². The molecule has 1 amide bonds. The molecule has 1 aliphatic rings. The summed E-state index contributed by atoms with van der Waals surface area (Å²) in [4.78, 5) is 14.7. The van der Waals surface area contributed by atoms with Gasteiger partial charge in [0.15, 0.2) is 18.2 Å². The van der Waals surface area contributed by atoms with Gasteiger partial charge in [0.1, 0.15) is 12.4 Å². The summed E-state index contributed by atoms with van der Waals surface area (Å²) in [5.41, 5.74) is 1.89. The van der Waals surface area contributed by atoms with Crippen LogP contribution in [0.25, 0.3) is 11.3 Å². The van der Waals surface area contributed by atoms with Crippen LogP contribution in [-0.2, 0) is 16.6 Å². The molecule has 1 saturated heterocycles. The van der Waals surface area contributed by atoms with Crippen molar-refractivity contribution >= 4 is 23.2 Å². The van der Waals surface area contributed by atoms with Crippen LogP contribution < -0.4 is 14.8 Å². The standard InChI is InChI=1S/C24H26ClFN4O4/c1-29-24(19(25)15-27-29)18-14-17(28-23(31)16-34-22-5-3-2-4-20(22)26)6-7-21(18)33-13-10-30-8-11-32-12-9-30/h2-7,14-15H,8-13,16H2,1H3,(H,28,31). The van der Waals surface area contributed by atoms with E-state index in [-0.39, 0.29) is 12.4 Å². The van der Waals surface area contributed by atoms with Crippen LogP contribution in [0.1, 0.15) is 0 Å². The molecule has 0 aliphatic carbocycles. The largest absolute Gasteiger partial charge is 0.492 e. The smallest absolute Gasteiger partial charge is 0.262 e. The SMILES string of the molecule is Cn1ncc(Cl)c1-c1cc(NC(=O)COc2ccccc2F)ccc1OCCN1CCOCC1. The second-order valence-corrected chi connectivity index (χ2v) is 8.15. The van der Waals surface area contributed by atoms with Crippen molar-refractivity contribution in [3.63, 3.8) is 0 Å². The molecule has 0 radical (unpaired) electrons. The van der Waals surface area contributed by atoms with Crippen LogP contribution in [0.4, 0.5) is 10.1 Å². The van der Waals surface area contributed by atoms with Crippen molar-refractivity contribution < 1.29 is 23.4 Å². The van der Waals surface area contributed by atoms with Gasteiger partial charge in [0.2, 0.25) is 0 Å². The normalized spacial score (nSPS) is 14.1. The summed E-state index contributed by atoms with van der Waals surface area (Å²) in [7, 11) is 1.78. The van der Waals surface area contributed by atoms with Gasteiger partial charge in [-0.15, -0.1) is 0 Å². The van der Waals surface area contributed by atoms with E-state index in [9.17, 15) is 9.18 Å². The van der Waals surface area contributed by atoms with Gasteiger partial charge in [-0.2, -0.15) is 5.10 Å². The van der Waals surface area contributed by atoms with Gasteiger partial charge >= 0.3 is 0 Å². The number of hydrogen-bond acceptors (Lipinski definition) is 6. The molecule has 34 heavy (non-hydrogen) atoms. The number of para-hydroxylation sites is 1. The van der Waals surface area contributed by atoms with Crippen molar-refractivity contribution in [1.82, 2.24) is 14.7 Å². The van der Waals surface area contributed by atoms with Crippen molar-refractivity contribution in [3.05, 3.63) is 59.5 Å². The fraction of sp³-hybridized carbons (Fsp3) is 0.333. The van der Waals surface area contributed by atoms with Gasteiger partial charge in [-0.1, -0.05) is 23.7 Å². The van der Waals surface area contributed by atoms with Gasteiger partial charge in [0.05, 0.1) is 30.1 Å². The Morgan fingerprint density at radius 1 is 1.18 bits per heavy atom. The quantitative estimate of drug-likeness (QED) is 0.496. The maximum atomic E-state index is 13.7. The number of carbonyl (C=O) groups excluding carboxylic acids is 1.